The summed E-state index contributed by atoms with van der Waals surface area (Å²) in [6.45, 7) is 0.429. The van der Waals surface area contributed by atoms with E-state index in [0.29, 0.717) is 17.3 Å². The highest BCUT2D eigenvalue weighted by atomic mass is 35.5. The number of aromatic nitrogens is 2. The molecule has 6 heteroatoms. The van der Waals surface area contributed by atoms with Gasteiger partial charge in [0.15, 0.2) is 0 Å². The van der Waals surface area contributed by atoms with E-state index in [1.165, 1.54) is 10.9 Å². The minimum absolute atomic E-state index is 0.144. The molecule has 0 radical (unpaired) electrons. The molecule has 0 fully saturated rings. The van der Waals surface area contributed by atoms with Gasteiger partial charge in [0.25, 0.3) is 0 Å². The molecule has 5 nitrogen and oxygen atoms in total. The Bertz CT molecular complexity index is 563. The van der Waals surface area contributed by atoms with Crippen molar-refractivity contribution >= 4 is 17.6 Å². The average Bonchev–Trinajstić information content (AvgIpc) is 2.64. The van der Waals surface area contributed by atoms with Gasteiger partial charge in [-0.2, -0.15) is 5.10 Å². The highest BCUT2D eigenvalue weighted by molar-refractivity contribution is 6.30. The molecule has 1 aromatic heterocycles. The molecule has 0 unspecified atom stereocenters. The molecule has 0 amide bonds. The van der Waals surface area contributed by atoms with Crippen LogP contribution in [0.1, 0.15) is 11.1 Å². The second kappa shape index (κ2) is 5.10. The maximum absolute atomic E-state index is 10.6. The van der Waals surface area contributed by atoms with Crippen molar-refractivity contribution in [3.05, 3.63) is 46.7 Å². The third-order valence-corrected chi connectivity index (χ3v) is 2.89. The lowest BCUT2D eigenvalue weighted by atomic mass is 10.2. The fraction of sp³-hybridized carbons (Fsp3) is 0.167. The molecule has 0 bridgehead atoms. The predicted octanol–water partition coefficient (Wildman–Crippen LogP) is 1.92. The molecular formula is C12H11ClN2O3. The summed E-state index contributed by atoms with van der Waals surface area (Å²) in [5.41, 5.74) is 1.41. The predicted molar refractivity (Wildman–Crippen MR) is 65.8 cm³/mol. The summed E-state index contributed by atoms with van der Waals surface area (Å²) in [5.74, 6) is -0.752. The minimum atomic E-state index is -0.943. The summed E-state index contributed by atoms with van der Waals surface area (Å²) >= 11 is 6.04. The van der Waals surface area contributed by atoms with E-state index in [4.69, 9.17) is 21.8 Å². The number of hydrogen-bond donors (Lipinski definition) is 2. The number of hydrogen-bond acceptors (Lipinski definition) is 3. The Labute approximate surface area is 108 Å². The van der Waals surface area contributed by atoms with Crippen molar-refractivity contribution in [2.45, 2.75) is 13.0 Å². The zero-order chi connectivity index (χ0) is 13.1. The van der Waals surface area contributed by atoms with Crippen LogP contribution in [0.25, 0.3) is 0 Å². The zero-order valence-corrected chi connectivity index (χ0v) is 10.1. The van der Waals surface area contributed by atoms with Crippen LogP contribution in [0.2, 0.25) is 5.15 Å². The van der Waals surface area contributed by atoms with Crippen molar-refractivity contribution in [1.82, 2.24) is 9.78 Å². The summed E-state index contributed by atoms with van der Waals surface area (Å²) in [6, 6.07) is 6.66. The van der Waals surface area contributed by atoms with E-state index in [-0.39, 0.29) is 12.2 Å². The van der Waals surface area contributed by atoms with Gasteiger partial charge in [-0.05, 0) is 17.7 Å². The largest absolute Gasteiger partial charge is 0.508 e. The van der Waals surface area contributed by atoms with Crippen molar-refractivity contribution < 1.29 is 15.0 Å². The van der Waals surface area contributed by atoms with Gasteiger partial charge in [-0.15, -0.1) is 0 Å². The summed E-state index contributed by atoms with van der Waals surface area (Å²) in [4.78, 5) is 10.6. The van der Waals surface area contributed by atoms with E-state index in [9.17, 15) is 4.79 Å². The number of nitrogens with zero attached hydrogens (tertiary/aromatic N) is 2. The van der Waals surface area contributed by atoms with Crippen molar-refractivity contribution in [2.24, 2.45) is 0 Å². The standard InChI is InChI=1S/C12H11ClN2O3/c13-12-9(5-11(17)18)6-14-15(12)7-8-1-3-10(16)4-2-8/h1-4,6,16H,5,7H2,(H,17,18). The van der Waals surface area contributed by atoms with Crippen LogP contribution in [-0.4, -0.2) is 26.0 Å². The van der Waals surface area contributed by atoms with Crippen molar-refractivity contribution in [3.8, 4) is 5.75 Å². The molecule has 94 valence electrons. The molecule has 1 aromatic carbocycles. The van der Waals surface area contributed by atoms with Gasteiger partial charge in [-0.3, -0.25) is 4.79 Å². The van der Waals surface area contributed by atoms with Crippen LogP contribution in [0.15, 0.2) is 30.5 Å². The number of halogens is 1. The van der Waals surface area contributed by atoms with Crippen LogP contribution in [0.4, 0.5) is 0 Å². The van der Waals surface area contributed by atoms with E-state index in [1.807, 2.05) is 0 Å². The molecule has 1 heterocycles. The van der Waals surface area contributed by atoms with E-state index >= 15 is 0 Å². The lowest BCUT2D eigenvalue weighted by Gasteiger charge is -2.04. The number of benzene rings is 1. The molecule has 0 atom stereocenters. The molecule has 0 aliphatic carbocycles. The number of rotatable bonds is 4. The fourth-order valence-electron chi connectivity index (χ4n) is 1.58. The van der Waals surface area contributed by atoms with E-state index in [1.54, 1.807) is 24.3 Å². The second-order valence-electron chi connectivity index (χ2n) is 3.86. The number of carboxylic acid groups (broad SMARTS) is 1. The van der Waals surface area contributed by atoms with Crippen molar-refractivity contribution in [3.63, 3.8) is 0 Å². The van der Waals surface area contributed by atoms with Gasteiger partial charge >= 0.3 is 5.97 Å². The van der Waals surface area contributed by atoms with Gasteiger partial charge in [0.1, 0.15) is 10.9 Å². The second-order valence-corrected chi connectivity index (χ2v) is 4.21. The number of carbonyl (C=O) groups is 1. The Hall–Kier alpha value is -2.01. The van der Waals surface area contributed by atoms with Crippen LogP contribution in [0.3, 0.4) is 0 Å². The summed E-state index contributed by atoms with van der Waals surface area (Å²) < 4.78 is 1.52. The van der Waals surface area contributed by atoms with Gasteiger partial charge in [-0.25, -0.2) is 4.68 Å². The molecule has 0 spiro atoms. The lowest BCUT2D eigenvalue weighted by Crippen LogP contribution is -2.03. The molecule has 2 rings (SSSR count). The Kier molecular flexibility index (Phi) is 3.53. The molecule has 0 saturated carbocycles. The zero-order valence-electron chi connectivity index (χ0n) is 9.38. The summed E-state index contributed by atoms with van der Waals surface area (Å²) in [5, 5.41) is 22.2. The highest BCUT2D eigenvalue weighted by Gasteiger charge is 2.11. The Morgan fingerprint density at radius 3 is 2.61 bits per heavy atom. The van der Waals surface area contributed by atoms with Crippen LogP contribution < -0.4 is 0 Å². The van der Waals surface area contributed by atoms with E-state index in [2.05, 4.69) is 5.10 Å². The molecule has 2 N–H and O–H groups in total. The van der Waals surface area contributed by atoms with Crippen LogP contribution in [0, 0.1) is 0 Å². The van der Waals surface area contributed by atoms with Crippen molar-refractivity contribution in [2.75, 3.05) is 0 Å². The first-order valence-corrected chi connectivity index (χ1v) is 5.64. The third kappa shape index (κ3) is 2.81. The maximum atomic E-state index is 10.6. The van der Waals surface area contributed by atoms with Gasteiger partial charge in [0.05, 0.1) is 19.2 Å². The average molecular weight is 267 g/mol. The van der Waals surface area contributed by atoms with E-state index in [0.717, 1.165) is 5.56 Å². The molecule has 0 aliphatic heterocycles. The number of aliphatic carboxylic acids is 1. The van der Waals surface area contributed by atoms with Crippen LogP contribution in [-0.2, 0) is 17.8 Å². The van der Waals surface area contributed by atoms with Crippen molar-refractivity contribution in [1.29, 1.82) is 0 Å². The quantitative estimate of drug-likeness (QED) is 0.886. The minimum Gasteiger partial charge on any atom is -0.508 e. The number of carboxylic acids is 1. The molecule has 2 aromatic rings. The molecule has 0 aliphatic rings. The Morgan fingerprint density at radius 2 is 2.00 bits per heavy atom. The molecule has 18 heavy (non-hydrogen) atoms. The first-order chi connectivity index (χ1) is 8.56. The third-order valence-electron chi connectivity index (χ3n) is 2.45. The Morgan fingerprint density at radius 1 is 1.33 bits per heavy atom. The van der Waals surface area contributed by atoms with Gasteiger partial charge in [0, 0.05) is 5.56 Å². The van der Waals surface area contributed by atoms with Crippen LogP contribution in [0.5, 0.6) is 5.75 Å². The molecule has 0 saturated heterocycles. The molecular weight excluding hydrogens is 256 g/mol. The number of phenols is 1. The first kappa shape index (κ1) is 12.4. The normalized spacial score (nSPS) is 10.5. The summed E-state index contributed by atoms with van der Waals surface area (Å²) in [6.07, 6.45) is 1.31. The van der Waals surface area contributed by atoms with E-state index < -0.39 is 5.97 Å². The topological polar surface area (TPSA) is 75.3 Å². The first-order valence-electron chi connectivity index (χ1n) is 5.26. The fourth-order valence-corrected chi connectivity index (χ4v) is 1.79. The number of phenolic OH excluding ortho intramolecular Hbond substituents is 1. The van der Waals surface area contributed by atoms with Gasteiger partial charge in [0.2, 0.25) is 0 Å². The number of aromatic hydroxyl groups is 1. The van der Waals surface area contributed by atoms with Crippen LogP contribution >= 0.6 is 11.6 Å². The summed E-state index contributed by atoms with van der Waals surface area (Å²) in [7, 11) is 0. The maximum Gasteiger partial charge on any atom is 0.307 e. The monoisotopic (exact) mass is 266 g/mol. The lowest BCUT2D eigenvalue weighted by molar-refractivity contribution is -0.136. The smallest absolute Gasteiger partial charge is 0.307 e. The highest BCUT2D eigenvalue weighted by Crippen LogP contribution is 2.18. The van der Waals surface area contributed by atoms with Gasteiger partial charge in [-0.1, -0.05) is 23.7 Å². The van der Waals surface area contributed by atoms with Gasteiger partial charge < -0.3 is 10.2 Å². The Balaban J connectivity index is 2.17. The SMILES string of the molecule is O=C(O)Cc1cnn(Cc2ccc(O)cc2)c1Cl.